The second-order valence-electron chi connectivity index (χ2n) is 6.85. The van der Waals surface area contributed by atoms with Gasteiger partial charge in [0.25, 0.3) is 0 Å². The molecule has 0 fully saturated rings. The molecule has 0 radical (unpaired) electrons. The number of para-hydroxylation sites is 1. The van der Waals surface area contributed by atoms with Crippen LogP contribution in [0.3, 0.4) is 0 Å². The van der Waals surface area contributed by atoms with Gasteiger partial charge in [-0.05, 0) is 34.6 Å². The smallest absolute Gasteiger partial charge is 0.313 e. The molecule has 138 valence electrons. The molecule has 5 heteroatoms. The fourth-order valence-electron chi connectivity index (χ4n) is 2.76. The van der Waals surface area contributed by atoms with Crippen LogP contribution < -0.4 is 10.6 Å². The van der Waals surface area contributed by atoms with E-state index in [-0.39, 0.29) is 18.4 Å². The molecule has 0 aliphatic heterocycles. The van der Waals surface area contributed by atoms with Gasteiger partial charge in [0.1, 0.15) is 0 Å². The normalized spacial score (nSPS) is 10.9. The quantitative estimate of drug-likeness (QED) is 0.737. The van der Waals surface area contributed by atoms with Crippen LogP contribution in [0.25, 0.3) is 0 Å². The molecule has 2 aromatic rings. The number of anilines is 1. The molecule has 0 unspecified atom stereocenters. The van der Waals surface area contributed by atoms with Gasteiger partial charge in [0, 0.05) is 17.3 Å². The summed E-state index contributed by atoms with van der Waals surface area (Å²) in [5, 5.41) is 5.99. The second kappa shape index (κ2) is 8.86. The van der Waals surface area contributed by atoms with Crippen LogP contribution in [-0.2, 0) is 16.1 Å². The van der Waals surface area contributed by atoms with Crippen molar-refractivity contribution < 1.29 is 9.59 Å². The van der Waals surface area contributed by atoms with E-state index in [0.717, 1.165) is 22.4 Å². The van der Waals surface area contributed by atoms with E-state index in [2.05, 4.69) is 38.3 Å². The van der Waals surface area contributed by atoms with E-state index in [1.54, 1.807) is 6.07 Å². The fraction of sp³-hybridized carbons (Fsp3) is 0.333. The highest BCUT2D eigenvalue weighted by Crippen LogP contribution is 2.32. The monoisotopic (exact) mass is 372 g/mol. The number of hydrogen-bond acceptors (Lipinski definition) is 2. The number of hydrogen-bond donors (Lipinski definition) is 2. The van der Waals surface area contributed by atoms with Crippen molar-refractivity contribution in [2.45, 2.75) is 46.1 Å². The lowest BCUT2D eigenvalue weighted by Gasteiger charge is -2.20. The Morgan fingerprint density at radius 1 is 0.885 bits per heavy atom. The molecule has 0 bridgehead atoms. The number of halogens is 1. The third kappa shape index (κ3) is 4.85. The van der Waals surface area contributed by atoms with Gasteiger partial charge in [0.2, 0.25) is 0 Å². The summed E-state index contributed by atoms with van der Waals surface area (Å²) >= 11 is 6.08. The van der Waals surface area contributed by atoms with Crippen molar-refractivity contribution in [2.75, 3.05) is 5.32 Å². The van der Waals surface area contributed by atoms with Gasteiger partial charge in [-0.3, -0.25) is 9.59 Å². The average molecular weight is 373 g/mol. The highest BCUT2D eigenvalue weighted by Gasteiger charge is 2.20. The van der Waals surface area contributed by atoms with Crippen LogP contribution in [-0.4, -0.2) is 11.8 Å². The van der Waals surface area contributed by atoms with Crippen LogP contribution in [0, 0.1) is 0 Å². The summed E-state index contributed by atoms with van der Waals surface area (Å²) in [7, 11) is 0. The van der Waals surface area contributed by atoms with E-state index in [1.165, 1.54) is 0 Å². The zero-order valence-corrected chi connectivity index (χ0v) is 16.4. The maximum atomic E-state index is 12.4. The molecule has 26 heavy (non-hydrogen) atoms. The van der Waals surface area contributed by atoms with Crippen LogP contribution in [0.4, 0.5) is 5.69 Å². The highest BCUT2D eigenvalue weighted by molar-refractivity contribution is 6.39. The van der Waals surface area contributed by atoms with E-state index in [1.807, 2.05) is 36.4 Å². The summed E-state index contributed by atoms with van der Waals surface area (Å²) in [5.41, 5.74) is 3.53. The minimum Gasteiger partial charge on any atom is -0.344 e. The van der Waals surface area contributed by atoms with Gasteiger partial charge in [0.15, 0.2) is 0 Å². The van der Waals surface area contributed by atoms with Gasteiger partial charge in [-0.1, -0.05) is 75.7 Å². The molecule has 0 aliphatic rings. The molecule has 0 aliphatic carbocycles. The Kier molecular flexibility index (Phi) is 6.81. The van der Waals surface area contributed by atoms with Crippen molar-refractivity contribution in [2.24, 2.45) is 0 Å². The zero-order chi connectivity index (χ0) is 19.3. The largest absolute Gasteiger partial charge is 0.344 e. The summed E-state index contributed by atoms with van der Waals surface area (Å²) in [4.78, 5) is 24.6. The van der Waals surface area contributed by atoms with E-state index in [9.17, 15) is 9.59 Å². The Bertz CT molecular complexity index is 774. The number of carbonyl (C=O) groups is 2. The molecule has 4 nitrogen and oxygen atoms in total. The lowest BCUT2D eigenvalue weighted by Crippen LogP contribution is -2.35. The molecule has 2 rings (SSSR count). The number of rotatable bonds is 5. The molecule has 0 saturated heterocycles. The molecular weight excluding hydrogens is 348 g/mol. The van der Waals surface area contributed by atoms with Crippen molar-refractivity contribution >= 4 is 29.1 Å². The molecule has 0 saturated carbocycles. The third-order valence-electron chi connectivity index (χ3n) is 4.21. The predicted octanol–water partition coefficient (Wildman–Crippen LogP) is 4.84. The van der Waals surface area contributed by atoms with E-state index in [0.29, 0.717) is 5.02 Å². The van der Waals surface area contributed by atoms with Crippen LogP contribution in [0.2, 0.25) is 5.02 Å². The Labute approximate surface area is 159 Å². The van der Waals surface area contributed by atoms with Gasteiger partial charge in [-0.2, -0.15) is 0 Å². The van der Waals surface area contributed by atoms with Crippen molar-refractivity contribution in [3.05, 3.63) is 64.2 Å². The molecule has 0 atom stereocenters. The zero-order valence-electron chi connectivity index (χ0n) is 15.6. The molecule has 2 aromatic carbocycles. The number of benzene rings is 2. The maximum Gasteiger partial charge on any atom is 0.313 e. The summed E-state index contributed by atoms with van der Waals surface area (Å²) in [5.74, 6) is -0.893. The van der Waals surface area contributed by atoms with Crippen LogP contribution in [0.15, 0.2) is 42.5 Å². The first-order chi connectivity index (χ1) is 12.3. The fourth-order valence-corrected chi connectivity index (χ4v) is 2.97. The molecule has 2 amide bonds. The number of carbonyl (C=O) groups excluding carboxylic acids is 2. The first-order valence-corrected chi connectivity index (χ1v) is 9.14. The van der Waals surface area contributed by atoms with Gasteiger partial charge < -0.3 is 10.6 Å². The predicted molar refractivity (Wildman–Crippen MR) is 107 cm³/mol. The number of amides is 2. The molecular formula is C21H25ClN2O2. The second-order valence-corrected chi connectivity index (χ2v) is 7.26. The van der Waals surface area contributed by atoms with Gasteiger partial charge >= 0.3 is 11.8 Å². The van der Waals surface area contributed by atoms with Gasteiger partial charge in [-0.15, -0.1) is 0 Å². The summed E-state index contributed by atoms with van der Waals surface area (Å²) in [6.07, 6.45) is 0. The standard InChI is InChI=1S/C21H25ClN2O2/c1-13(2)16-9-7-10-17(14(3)4)19(16)24-21(26)20(25)23-12-15-8-5-6-11-18(15)22/h5-11,13-14H,12H2,1-4H3,(H,23,25)(H,24,26). The molecule has 0 heterocycles. The van der Waals surface area contributed by atoms with Crippen LogP contribution in [0.5, 0.6) is 0 Å². The van der Waals surface area contributed by atoms with Crippen LogP contribution in [0.1, 0.15) is 56.2 Å². The lowest BCUT2D eigenvalue weighted by atomic mass is 9.92. The molecule has 2 N–H and O–H groups in total. The Hall–Kier alpha value is -2.33. The SMILES string of the molecule is CC(C)c1cccc(C(C)C)c1NC(=O)C(=O)NCc1ccccc1Cl. The average Bonchev–Trinajstić information content (AvgIpc) is 2.60. The minimum absolute atomic E-state index is 0.203. The topological polar surface area (TPSA) is 58.2 Å². The Morgan fingerprint density at radius 2 is 1.46 bits per heavy atom. The van der Waals surface area contributed by atoms with Crippen molar-refractivity contribution in [3.8, 4) is 0 Å². The summed E-state index contributed by atoms with van der Waals surface area (Å²) in [6.45, 7) is 8.45. The van der Waals surface area contributed by atoms with Crippen LogP contribution >= 0.6 is 11.6 Å². The number of nitrogens with one attached hydrogen (secondary N) is 2. The maximum absolute atomic E-state index is 12.4. The van der Waals surface area contributed by atoms with Crippen molar-refractivity contribution in [1.82, 2.24) is 5.32 Å². The van der Waals surface area contributed by atoms with Crippen molar-refractivity contribution in [3.63, 3.8) is 0 Å². The van der Waals surface area contributed by atoms with Gasteiger partial charge in [-0.25, -0.2) is 0 Å². The third-order valence-corrected chi connectivity index (χ3v) is 4.58. The lowest BCUT2D eigenvalue weighted by molar-refractivity contribution is -0.136. The Balaban J connectivity index is 2.14. The summed E-state index contributed by atoms with van der Waals surface area (Å²) in [6, 6.07) is 13.2. The van der Waals surface area contributed by atoms with Gasteiger partial charge in [0.05, 0.1) is 0 Å². The first kappa shape index (κ1) is 20.0. The highest BCUT2D eigenvalue weighted by atomic mass is 35.5. The minimum atomic E-state index is -0.682. The Morgan fingerprint density at radius 3 is 2.00 bits per heavy atom. The van der Waals surface area contributed by atoms with Crippen molar-refractivity contribution in [1.29, 1.82) is 0 Å². The van der Waals surface area contributed by atoms with E-state index >= 15 is 0 Å². The first-order valence-electron chi connectivity index (χ1n) is 8.76. The molecule has 0 aromatic heterocycles. The van der Waals surface area contributed by atoms with E-state index < -0.39 is 11.8 Å². The molecule has 0 spiro atoms. The van der Waals surface area contributed by atoms with E-state index in [4.69, 9.17) is 11.6 Å². The summed E-state index contributed by atoms with van der Waals surface area (Å²) < 4.78 is 0.